The van der Waals surface area contributed by atoms with Gasteiger partial charge in [-0.1, -0.05) is 0 Å². The van der Waals surface area contributed by atoms with E-state index in [4.69, 9.17) is 9.47 Å². The summed E-state index contributed by atoms with van der Waals surface area (Å²) >= 11 is 0. The first-order chi connectivity index (χ1) is 13.3. The van der Waals surface area contributed by atoms with Crippen molar-refractivity contribution in [1.29, 1.82) is 0 Å². The zero-order valence-electron chi connectivity index (χ0n) is 16.9. The van der Waals surface area contributed by atoms with E-state index in [1.54, 1.807) is 25.6 Å². The number of anilines is 1. The molecule has 1 atom stereocenters. The van der Waals surface area contributed by atoms with Gasteiger partial charge < -0.3 is 19.7 Å². The Labute approximate surface area is 165 Å². The minimum atomic E-state index is -0.392. The smallest absolute Gasteiger partial charge is 0.244 e. The molecule has 7 heteroatoms. The number of aromatic nitrogens is 2. The fourth-order valence-electron chi connectivity index (χ4n) is 3.13. The number of carbonyl (C=O) groups is 1. The molecule has 3 rings (SSSR count). The van der Waals surface area contributed by atoms with Gasteiger partial charge in [-0.2, -0.15) is 0 Å². The first kappa shape index (κ1) is 19.7. The summed E-state index contributed by atoms with van der Waals surface area (Å²) in [4.78, 5) is 22.8. The quantitative estimate of drug-likeness (QED) is 0.801. The molecule has 1 aliphatic heterocycles. The topological polar surface area (TPSA) is 76.6 Å². The Morgan fingerprint density at radius 1 is 1.32 bits per heavy atom. The molecule has 7 nitrogen and oxygen atoms in total. The van der Waals surface area contributed by atoms with E-state index in [0.29, 0.717) is 12.4 Å². The van der Waals surface area contributed by atoms with Crippen LogP contribution in [0.15, 0.2) is 36.7 Å². The van der Waals surface area contributed by atoms with Gasteiger partial charge in [0.25, 0.3) is 0 Å². The van der Waals surface area contributed by atoms with E-state index in [9.17, 15) is 4.79 Å². The largest absolute Gasteiger partial charge is 0.497 e. The van der Waals surface area contributed by atoms with Gasteiger partial charge in [0.1, 0.15) is 17.1 Å². The molecule has 1 amide bonds. The van der Waals surface area contributed by atoms with Crippen LogP contribution in [-0.4, -0.2) is 42.7 Å². The van der Waals surface area contributed by atoms with Gasteiger partial charge in [-0.25, -0.2) is 9.97 Å². The number of methoxy groups -OCH3 is 1. The van der Waals surface area contributed by atoms with Crippen LogP contribution in [0.1, 0.15) is 37.4 Å². The van der Waals surface area contributed by atoms with Gasteiger partial charge >= 0.3 is 0 Å². The number of benzene rings is 1. The van der Waals surface area contributed by atoms with Crippen molar-refractivity contribution in [2.24, 2.45) is 0 Å². The minimum Gasteiger partial charge on any atom is -0.497 e. The molecular weight excluding hydrogens is 356 g/mol. The lowest BCUT2D eigenvalue weighted by Crippen LogP contribution is -2.40. The highest BCUT2D eigenvalue weighted by molar-refractivity contribution is 5.92. The van der Waals surface area contributed by atoms with Crippen LogP contribution in [0.3, 0.4) is 0 Å². The average Bonchev–Trinajstić information content (AvgIpc) is 2.65. The van der Waals surface area contributed by atoms with E-state index in [0.717, 1.165) is 22.6 Å². The van der Waals surface area contributed by atoms with E-state index in [1.165, 1.54) is 6.08 Å². The van der Waals surface area contributed by atoms with Crippen molar-refractivity contribution in [1.82, 2.24) is 15.3 Å². The van der Waals surface area contributed by atoms with E-state index in [1.807, 2.05) is 51.0 Å². The van der Waals surface area contributed by atoms with Gasteiger partial charge in [0.15, 0.2) is 0 Å². The van der Waals surface area contributed by atoms with E-state index >= 15 is 0 Å². The molecule has 1 aromatic heterocycles. The molecule has 0 saturated carbocycles. The Kier molecular flexibility index (Phi) is 5.53. The molecule has 2 heterocycles. The number of nitrogens with one attached hydrogen (secondary N) is 1. The highest BCUT2D eigenvalue weighted by Gasteiger charge is 2.34. The number of ether oxygens (including phenoxy) is 2. The van der Waals surface area contributed by atoms with Crippen LogP contribution in [0.5, 0.6) is 11.5 Å². The lowest BCUT2D eigenvalue weighted by molar-refractivity contribution is -0.117. The average molecular weight is 382 g/mol. The molecule has 1 N–H and O–H groups in total. The second-order valence-corrected chi connectivity index (χ2v) is 7.57. The molecule has 1 aromatic carbocycles. The third-order valence-electron chi connectivity index (χ3n) is 4.48. The number of hydrogen-bond acceptors (Lipinski definition) is 6. The van der Waals surface area contributed by atoms with Crippen LogP contribution in [0.2, 0.25) is 0 Å². The number of carbonyl (C=O) groups excluding carboxylic acids is 1. The van der Waals surface area contributed by atoms with Crippen molar-refractivity contribution >= 4 is 17.9 Å². The summed E-state index contributed by atoms with van der Waals surface area (Å²) in [5.41, 5.74) is 1.32. The third-order valence-corrected chi connectivity index (χ3v) is 4.48. The zero-order chi connectivity index (χ0) is 20.3. The van der Waals surface area contributed by atoms with Crippen molar-refractivity contribution in [2.75, 3.05) is 26.1 Å². The van der Waals surface area contributed by atoms with Gasteiger partial charge in [0.05, 0.1) is 13.2 Å². The van der Waals surface area contributed by atoms with Crippen molar-refractivity contribution in [3.05, 3.63) is 47.8 Å². The second-order valence-electron chi connectivity index (χ2n) is 7.57. The number of nitrogens with zero attached hydrogens (tertiary/aromatic N) is 3. The predicted molar refractivity (Wildman–Crippen MR) is 109 cm³/mol. The maximum atomic E-state index is 12.5. The summed E-state index contributed by atoms with van der Waals surface area (Å²) < 4.78 is 11.3. The Hall–Kier alpha value is -3.09. The third kappa shape index (κ3) is 4.60. The molecule has 0 saturated heterocycles. The molecule has 148 valence electrons. The van der Waals surface area contributed by atoms with Crippen molar-refractivity contribution < 1.29 is 14.3 Å². The van der Waals surface area contributed by atoms with Crippen LogP contribution < -0.4 is 19.7 Å². The fraction of sp³-hybridized carbons (Fsp3) is 0.381. The molecule has 0 aliphatic carbocycles. The summed E-state index contributed by atoms with van der Waals surface area (Å²) in [7, 11) is 5.37. The first-order valence-corrected chi connectivity index (χ1v) is 9.12. The zero-order valence-corrected chi connectivity index (χ0v) is 16.9. The van der Waals surface area contributed by atoms with Gasteiger partial charge in [-0.05, 0) is 32.1 Å². The maximum Gasteiger partial charge on any atom is 0.244 e. The highest BCUT2D eigenvalue weighted by Crippen LogP contribution is 2.41. The van der Waals surface area contributed by atoms with Crippen molar-refractivity contribution in [3.8, 4) is 11.5 Å². The molecule has 0 bridgehead atoms. The molecule has 0 radical (unpaired) electrons. The van der Waals surface area contributed by atoms with Crippen molar-refractivity contribution in [2.45, 2.75) is 31.9 Å². The summed E-state index contributed by atoms with van der Waals surface area (Å²) in [5, 5.41) is 3.07. The van der Waals surface area contributed by atoms with Gasteiger partial charge in [-0.15, -0.1) is 0 Å². The lowest BCUT2D eigenvalue weighted by Gasteiger charge is -2.37. The minimum absolute atomic E-state index is 0.144. The Morgan fingerprint density at radius 3 is 2.68 bits per heavy atom. The van der Waals surface area contributed by atoms with E-state index in [2.05, 4.69) is 15.3 Å². The van der Waals surface area contributed by atoms with Crippen LogP contribution in [0, 0.1) is 0 Å². The molecule has 1 unspecified atom stereocenters. The number of amides is 1. The number of rotatable bonds is 5. The van der Waals surface area contributed by atoms with Crippen LogP contribution in [0.25, 0.3) is 6.08 Å². The van der Waals surface area contributed by atoms with Gasteiger partial charge in [0, 0.05) is 56.2 Å². The number of hydrogen-bond donors (Lipinski definition) is 1. The highest BCUT2D eigenvalue weighted by atomic mass is 16.5. The Morgan fingerprint density at radius 2 is 2.04 bits per heavy atom. The molecule has 2 aromatic rings. The van der Waals surface area contributed by atoms with Gasteiger partial charge in [0.2, 0.25) is 11.9 Å². The monoisotopic (exact) mass is 382 g/mol. The van der Waals surface area contributed by atoms with E-state index < -0.39 is 5.60 Å². The molecule has 0 spiro atoms. The van der Waals surface area contributed by atoms with Crippen molar-refractivity contribution in [3.63, 3.8) is 0 Å². The fourth-order valence-corrected chi connectivity index (χ4v) is 3.13. The Bertz CT molecular complexity index is 876. The summed E-state index contributed by atoms with van der Waals surface area (Å²) in [6.07, 6.45) is 7.25. The molecule has 1 aliphatic rings. The normalized spacial score (nSPS) is 17.5. The van der Waals surface area contributed by atoms with Gasteiger partial charge in [-0.3, -0.25) is 4.79 Å². The molecular formula is C21H26N4O3. The first-order valence-electron chi connectivity index (χ1n) is 9.12. The predicted octanol–water partition coefficient (Wildman–Crippen LogP) is 2.98. The Balaban J connectivity index is 1.73. The standard InChI is InChI=1S/C21H26N4O3/c1-21(2)11-17(16-8-7-15(27-5)10-18(16)28-21)24-19(26)9-6-14-12-22-20(23-13-14)25(3)4/h6-10,12-13,17H,11H2,1-5H3,(H,24,26). The summed E-state index contributed by atoms with van der Waals surface area (Å²) in [6, 6.07) is 5.52. The summed E-state index contributed by atoms with van der Waals surface area (Å²) in [5.74, 6) is 1.90. The van der Waals surface area contributed by atoms with Crippen LogP contribution >= 0.6 is 0 Å². The maximum absolute atomic E-state index is 12.5. The van der Waals surface area contributed by atoms with Crippen LogP contribution in [-0.2, 0) is 4.79 Å². The molecule has 28 heavy (non-hydrogen) atoms. The second kappa shape index (κ2) is 7.88. The van der Waals surface area contributed by atoms with E-state index in [-0.39, 0.29) is 11.9 Å². The summed E-state index contributed by atoms with van der Waals surface area (Å²) in [6.45, 7) is 4.02. The lowest BCUT2D eigenvalue weighted by atomic mass is 9.89. The van der Waals surface area contributed by atoms with Crippen LogP contribution in [0.4, 0.5) is 5.95 Å². The molecule has 0 fully saturated rings. The number of fused-ring (bicyclic) bond motifs is 1. The SMILES string of the molecule is COc1ccc2c(c1)OC(C)(C)CC2NC(=O)C=Cc1cnc(N(C)C)nc1.